The lowest BCUT2D eigenvalue weighted by molar-refractivity contribution is 0.00721. The molecule has 0 radical (unpaired) electrons. The van der Waals surface area contributed by atoms with E-state index in [4.69, 9.17) is 4.74 Å². The second kappa shape index (κ2) is 7.73. The van der Waals surface area contributed by atoms with E-state index in [2.05, 4.69) is 48.2 Å². The fraction of sp³-hybridized carbons (Fsp3) is 0.400. The zero-order valence-electron chi connectivity index (χ0n) is 13.6. The van der Waals surface area contributed by atoms with E-state index in [9.17, 15) is 5.11 Å². The van der Waals surface area contributed by atoms with Crippen LogP contribution in [0.4, 0.5) is 0 Å². The molecule has 0 aliphatic carbocycles. The molecule has 2 aromatic rings. The van der Waals surface area contributed by atoms with Crippen LogP contribution in [0, 0.1) is 5.92 Å². The standard InChI is InChI=1S/C20H25NO2/c1-16(18-10-6-3-7-11-18)21-12-19(14-22)20(13-21)23-15-17-8-4-2-5-9-17/h2-11,16,19-20,22H,12-15H2,1H3/t16-,19+,20-/m1/s1. The minimum atomic E-state index is 0.0892. The summed E-state index contributed by atoms with van der Waals surface area (Å²) in [5, 5.41) is 9.70. The lowest BCUT2D eigenvalue weighted by Crippen LogP contribution is -2.26. The highest BCUT2D eigenvalue weighted by molar-refractivity contribution is 5.19. The smallest absolute Gasteiger partial charge is 0.0769 e. The summed E-state index contributed by atoms with van der Waals surface area (Å²) in [6, 6.07) is 21.1. The Morgan fingerprint density at radius 1 is 1.04 bits per heavy atom. The fourth-order valence-corrected chi connectivity index (χ4v) is 3.27. The molecule has 0 amide bonds. The first-order valence-corrected chi connectivity index (χ1v) is 8.33. The van der Waals surface area contributed by atoms with E-state index >= 15 is 0 Å². The molecule has 1 aliphatic heterocycles. The first kappa shape index (κ1) is 16.2. The van der Waals surface area contributed by atoms with Crippen LogP contribution in [0.5, 0.6) is 0 Å². The maximum absolute atomic E-state index is 9.70. The molecule has 3 nitrogen and oxygen atoms in total. The number of ether oxygens (including phenoxy) is 1. The van der Waals surface area contributed by atoms with Crippen molar-refractivity contribution in [1.29, 1.82) is 0 Å². The van der Waals surface area contributed by atoms with E-state index in [0.717, 1.165) is 13.1 Å². The Morgan fingerprint density at radius 2 is 1.70 bits per heavy atom. The molecule has 1 N–H and O–H groups in total. The topological polar surface area (TPSA) is 32.7 Å². The monoisotopic (exact) mass is 311 g/mol. The minimum absolute atomic E-state index is 0.0892. The highest BCUT2D eigenvalue weighted by Gasteiger charge is 2.35. The molecule has 122 valence electrons. The van der Waals surface area contributed by atoms with Crippen molar-refractivity contribution < 1.29 is 9.84 Å². The summed E-state index contributed by atoms with van der Waals surface area (Å²) >= 11 is 0. The third kappa shape index (κ3) is 3.99. The van der Waals surface area contributed by atoms with Gasteiger partial charge in [0.2, 0.25) is 0 Å². The average molecular weight is 311 g/mol. The summed E-state index contributed by atoms with van der Waals surface area (Å²) in [7, 11) is 0. The van der Waals surface area contributed by atoms with E-state index in [1.54, 1.807) is 0 Å². The maximum Gasteiger partial charge on any atom is 0.0769 e. The molecule has 1 saturated heterocycles. The van der Waals surface area contributed by atoms with Crippen LogP contribution in [0.1, 0.15) is 24.1 Å². The van der Waals surface area contributed by atoms with Crippen LogP contribution >= 0.6 is 0 Å². The number of rotatable bonds is 6. The summed E-state index contributed by atoms with van der Waals surface area (Å²) in [4.78, 5) is 2.41. The molecule has 3 heteroatoms. The summed E-state index contributed by atoms with van der Waals surface area (Å²) in [5.41, 5.74) is 2.49. The Morgan fingerprint density at radius 3 is 2.35 bits per heavy atom. The van der Waals surface area contributed by atoms with Crippen molar-refractivity contribution in [3.8, 4) is 0 Å². The largest absolute Gasteiger partial charge is 0.396 e. The molecule has 1 fully saturated rings. The number of benzene rings is 2. The normalized spacial score (nSPS) is 23.0. The third-order valence-corrected chi connectivity index (χ3v) is 4.78. The van der Waals surface area contributed by atoms with Crippen LogP contribution in [0.3, 0.4) is 0 Å². The van der Waals surface area contributed by atoms with Gasteiger partial charge in [-0.2, -0.15) is 0 Å². The fourth-order valence-electron chi connectivity index (χ4n) is 3.27. The average Bonchev–Trinajstić information content (AvgIpc) is 3.04. The Kier molecular flexibility index (Phi) is 5.44. The van der Waals surface area contributed by atoms with Crippen LogP contribution in [0.15, 0.2) is 60.7 Å². The lowest BCUT2D eigenvalue weighted by atomic mass is 10.1. The second-order valence-corrected chi connectivity index (χ2v) is 6.32. The van der Waals surface area contributed by atoms with Gasteiger partial charge >= 0.3 is 0 Å². The Labute approximate surface area is 138 Å². The first-order chi connectivity index (χ1) is 11.3. The number of aliphatic hydroxyl groups excluding tert-OH is 1. The molecule has 0 spiro atoms. The predicted octanol–water partition coefficient (Wildman–Crippen LogP) is 3.26. The second-order valence-electron chi connectivity index (χ2n) is 6.32. The van der Waals surface area contributed by atoms with Gasteiger partial charge in [0.15, 0.2) is 0 Å². The molecule has 0 unspecified atom stereocenters. The number of aliphatic hydroxyl groups is 1. The minimum Gasteiger partial charge on any atom is -0.396 e. The van der Waals surface area contributed by atoms with Crippen molar-refractivity contribution in [3.63, 3.8) is 0 Å². The maximum atomic E-state index is 9.70. The zero-order chi connectivity index (χ0) is 16.1. The number of nitrogens with zero attached hydrogens (tertiary/aromatic N) is 1. The molecule has 0 bridgehead atoms. The van der Waals surface area contributed by atoms with Gasteiger partial charge in [-0.15, -0.1) is 0 Å². The molecule has 0 saturated carbocycles. The lowest BCUT2D eigenvalue weighted by Gasteiger charge is -2.24. The predicted molar refractivity (Wildman–Crippen MR) is 92.0 cm³/mol. The van der Waals surface area contributed by atoms with Crippen LogP contribution in [0.25, 0.3) is 0 Å². The Balaban J connectivity index is 1.61. The number of hydrogen-bond donors (Lipinski definition) is 1. The van der Waals surface area contributed by atoms with Crippen molar-refractivity contribution in [2.45, 2.75) is 25.7 Å². The summed E-state index contributed by atoms with van der Waals surface area (Å²) < 4.78 is 6.11. The molecule has 0 aromatic heterocycles. The van der Waals surface area contributed by atoms with Gasteiger partial charge in [0.25, 0.3) is 0 Å². The van der Waals surface area contributed by atoms with E-state index in [0.29, 0.717) is 12.6 Å². The van der Waals surface area contributed by atoms with Gasteiger partial charge in [0.05, 0.1) is 12.7 Å². The molecule has 1 aliphatic rings. The van der Waals surface area contributed by atoms with E-state index in [-0.39, 0.29) is 18.6 Å². The van der Waals surface area contributed by atoms with Gasteiger partial charge in [0, 0.05) is 31.7 Å². The van der Waals surface area contributed by atoms with Crippen molar-refractivity contribution in [1.82, 2.24) is 4.90 Å². The highest BCUT2D eigenvalue weighted by atomic mass is 16.5. The Hall–Kier alpha value is -1.68. The third-order valence-electron chi connectivity index (χ3n) is 4.78. The molecule has 23 heavy (non-hydrogen) atoms. The molecular weight excluding hydrogens is 286 g/mol. The first-order valence-electron chi connectivity index (χ1n) is 8.33. The molecular formula is C20H25NO2. The van der Waals surface area contributed by atoms with Gasteiger partial charge in [-0.05, 0) is 18.1 Å². The van der Waals surface area contributed by atoms with E-state index < -0.39 is 0 Å². The van der Waals surface area contributed by atoms with Crippen LogP contribution in [0.2, 0.25) is 0 Å². The quantitative estimate of drug-likeness (QED) is 0.889. The van der Waals surface area contributed by atoms with Crippen LogP contribution in [-0.4, -0.2) is 35.8 Å². The van der Waals surface area contributed by atoms with E-state index in [1.165, 1.54) is 11.1 Å². The van der Waals surface area contributed by atoms with Crippen molar-refractivity contribution in [2.24, 2.45) is 5.92 Å². The number of hydrogen-bond acceptors (Lipinski definition) is 3. The summed E-state index contributed by atoms with van der Waals surface area (Å²) in [5.74, 6) is 0.185. The van der Waals surface area contributed by atoms with Crippen LogP contribution in [-0.2, 0) is 11.3 Å². The van der Waals surface area contributed by atoms with Gasteiger partial charge in [-0.25, -0.2) is 0 Å². The molecule has 1 heterocycles. The van der Waals surface area contributed by atoms with Crippen molar-refractivity contribution >= 4 is 0 Å². The zero-order valence-corrected chi connectivity index (χ0v) is 13.6. The number of likely N-dealkylation sites (tertiary alicyclic amines) is 1. The molecule has 2 aromatic carbocycles. The van der Waals surface area contributed by atoms with E-state index in [1.807, 2.05) is 24.3 Å². The summed E-state index contributed by atoms with van der Waals surface area (Å²) in [6.07, 6.45) is 0.0892. The van der Waals surface area contributed by atoms with Crippen molar-refractivity contribution in [3.05, 3.63) is 71.8 Å². The molecule has 3 rings (SSSR count). The molecule has 3 atom stereocenters. The van der Waals surface area contributed by atoms with Gasteiger partial charge in [-0.3, -0.25) is 4.90 Å². The Bertz CT molecular complexity index is 587. The van der Waals surface area contributed by atoms with Gasteiger partial charge < -0.3 is 9.84 Å². The van der Waals surface area contributed by atoms with Gasteiger partial charge in [0.1, 0.15) is 0 Å². The highest BCUT2D eigenvalue weighted by Crippen LogP contribution is 2.29. The van der Waals surface area contributed by atoms with Gasteiger partial charge in [-0.1, -0.05) is 60.7 Å². The SMILES string of the molecule is C[C@H](c1ccccc1)N1C[C@@H](CO)[C@H](OCc2ccccc2)C1. The van der Waals surface area contributed by atoms with Crippen molar-refractivity contribution in [2.75, 3.05) is 19.7 Å². The summed E-state index contributed by atoms with van der Waals surface area (Å²) in [6.45, 7) is 4.76. The van der Waals surface area contributed by atoms with Crippen LogP contribution < -0.4 is 0 Å².